The Morgan fingerprint density at radius 1 is 1.09 bits per heavy atom. The van der Waals surface area contributed by atoms with Crippen LogP contribution in [0.1, 0.15) is 24.8 Å². The Morgan fingerprint density at radius 2 is 1.91 bits per heavy atom. The van der Waals surface area contributed by atoms with Crippen molar-refractivity contribution < 1.29 is 4.79 Å². The average Bonchev–Trinajstić information content (AvgIpc) is 3.56. The molecule has 33 heavy (non-hydrogen) atoms. The second-order valence-electron chi connectivity index (χ2n) is 8.30. The number of amides is 1. The molecule has 1 aliphatic carbocycles. The molecule has 1 fully saturated rings. The Kier molecular flexibility index (Phi) is 6.65. The molecular weight excluding hydrogens is 473 g/mol. The van der Waals surface area contributed by atoms with Gasteiger partial charge in [-0.25, -0.2) is 4.98 Å². The molecule has 168 valence electrons. The number of thiazole rings is 1. The number of rotatable bonds is 8. The van der Waals surface area contributed by atoms with Gasteiger partial charge in [-0.1, -0.05) is 65.7 Å². The van der Waals surface area contributed by atoms with Crippen LogP contribution >= 0.6 is 34.5 Å². The van der Waals surface area contributed by atoms with E-state index in [1.165, 1.54) is 40.5 Å². The quantitative estimate of drug-likeness (QED) is 0.279. The monoisotopic (exact) mass is 495 g/mol. The van der Waals surface area contributed by atoms with Gasteiger partial charge in [0.25, 0.3) is 0 Å². The third-order valence-corrected chi connectivity index (χ3v) is 7.21. The third-order valence-electron chi connectivity index (χ3n) is 5.90. The molecule has 0 aliphatic heterocycles. The second-order valence-corrected chi connectivity index (χ2v) is 10.0. The van der Waals surface area contributed by atoms with Crippen molar-refractivity contribution in [3.63, 3.8) is 0 Å². The SMILES string of the molecule is O=C(CCN(Cc1cccc2ccccc12)C1CC1)Nc1nc(-c2ccc(Cl)cc2Cl)cs1. The Morgan fingerprint density at radius 3 is 2.73 bits per heavy atom. The fourth-order valence-corrected chi connectivity index (χ4v) is 5.29. The number of nitrogens with zero attached hydrogens (tertiary/aromatic N) is 2. The lowest BCUT2D eigenvalue weighted by molar-refractivity contribution is -0.116. The molecule has 0 bridgehead atoms. The van der Waals surface area contributed by atoms with Gasteiger partial charge in [0.15, 0.2) is 5.13 Å². The first kappa shape index (κ1) is 22.4. The maximum absolute atomic E-state index is 12.7. The first-order valence-corrected chi connectivity index (χ1v) is 12.6. The van der Waals surface area contributed by atoms with Crippen LogP contribution in [0.2, 0.25) is 10.0 Å². The molecule has 0 unspecified atom stereocenters. The molecule has 1 aliphatic rings. The highest BCUT2D eigenvalue weighted by molar-refractivity contribution is 7.14. The van der Waals surface area contributed by atoms with Gasteiger partial charge in [-0.15, -0.1) is 11.3 Å². The van der Waals surface area contributed by atoms with Gasteiger partial charge < -0.3 is 5.32 Å². The predicted octanol–water partition coefficient (Wildman–Crippen LogP) is 7.26. The molecule has 1 amide bonds. The normalized spacial score (nSPS) is 13.5. The van der Waals surface area contributed by atoms with Gasteiger partial charge in [0.05, 0.1) is 10.7 Å². The highest BCUT2D eigenvalue weighted by atomic mass is 35.5. The van der Waals surface area contributed by atoms with Crippen LogP contribution in [-0.4, -0.2) is 28.4 Å². The van der Waals surface area contributed by atoms with Crippen molar-refractivity contribution >= 4 is 56.3 Å². The first-order chi connectivity index (χ1) is 16.1. The summed E-state index contributed by atoms with van der Waals surface area (Å²) in [5.74, 6) is -0.0262. The van der Waals surface area contributed by atoms with Crippen molar-refractivity contribution in [2.75, 3.05) is 11.9 Å². The van der Waals surface area contributed by atoms with Gasteiger partial charge >= 0.3 is 0 Å². The Bertz CT molecular complexity index is 1300. The number of benzene rings is 3. The number of carbonyl (C=O) groups is 1. The molecule has 0 spiro atoms. The lowest BCUT2D eigenvalue weighted by atomic mass is 10.0. The maximum Gasteiger partial charge on any atom is 0.227 e. The van der Waals surface area contributed by atoms with Crippen molar-refractivity contribution in [2.24, 2.45) is 0 Å². The van der Waals surface area contributed by atoms with Crippen LogP contribution in [-0.2, 0) is 11.3 Å². The van der Waals surface area contributed by atoms with Crippen molar-refractivity contribution in [3.8, 4) is 11.3 Å². The number of carbonyl (C=O) groups excluding carboxylic acids is 1. The van der Waals surface area contributed by atoms with E-state index in [9.17, 15) is 4.79 Å². The molecule has 0 saturated heterocycles. The number of hydrogen-bond acceptors (Lipinski definition) is 4. The molecule has 4 aromatic rings. The van der Waals surface area contributed by atoms with Crippen LogP contribution in [0.3, 0.4) is 0 Å². The molecule has 3 aromatic carbocycles. The van der Waals surface area contributed by atoms with Crippen LogP contribution in [0.25, 0.3) is 22.0 Å². The summed E-state index contributed by atoms with van der Waals surface area (Å²) >= 11 is 13.7. The van der Waals surface area contributed by atoms with Crippen molar-refractivity contribution in [3.05, 3.63) is 81.7 Å². The second kappa shape index (κ2) is 9.82. The van der Waals surface area contributed by atoms with Crippen molar-refractivity contribution in [1.82, 2.24) is 9.88 Å². The van der Waals surface area contributed by atoms with E-state index in [-0.39, 0.29) is 5.91 Å². The molecule has 1 heterocycles. The summed E-state index contributed by atoms with van der Waals surface area (Å²) in [4.78, 5) is 19.6. The van der Waals surface area contributed by atoms with E-state index < -0.39 is 0 Å². The van der Waals surface area contributed by atoms with E-state index in [4.69, 9.17) is 23.2 Å². The topological polar surface area (TPSA) is 45.2 Å². The van der Waals surface area contributed by atoms with Gasteiger partial charge in [-0.2, -0.15) is 0 Å². The molecule has 7 heteroatoms. The average molecular weight is 496 g/mol. The number of halogens is 2. The summed E-state index contributed by atoms with van der Waals surface area (Å²) in [6, 6.07) is 20.8. The summed E-state index contributed by atoms with van der Waals surface area (Å²) in [5.41, 5.74) is 2.84. The molecule has 1 aromatic heterocycles. The summed E-state index contributed by atoms with van der Waals surface area (Å²) in [6.07, 6.45) is 2.83. The number of aromatic nitrogens is 1. The van der Waals surface area contributed by atoms with E-state index >= 15 is 0 Å². The van der Waals surface area contributed by atoms with E-state index in [2.05, 4.69) is 57.7 Å². The Labute approximate surface area is 207 Å². The molecule has 0 radical (unpaired) electrons. The molecule has 5 rings (SSSR count). The van der Waals surface area contributed by atoms with Crippen molar-refractivity contribution in [2.45, 2.75) is 31.8 Å². The smallest absolute Gasteiger partial charge is 0.227 e. The number of anilines is 1. The van der Waals surface area contributed by atoms with Gasteiger partial charge in [-0.05, 0) is 47.4 Å². The zero-order valence-electron chi connectivity index (χ0n) is 17.9. The minimum absolute atomic E-state index is 0.0262. The van der Waals surface area contributed by atoms with Gasteiger partial charge in [-0.3, -0.25) is 9.69 Å². The fourth-order valence-electron chi connectivity index (χ4n) is 4.06. The van der Waals surface area contributed by atoms with Crippen LogP contribution < -0.4 is 5.32 Å². The number of hydrogen-bond donors (Lipinski definition) is 1. The fraction of sp³-hybridized carbons (Fsp3) is 0.231. The Balaban J connectivity index is 1.21. The lowest BCUT2D eigenvalue weighted by Crippen LogP contribution is -2.29. The van der Waals surface area contributed by atoms with E-state index in [1.807, 2.05) is 11.4 Å². The maximum atomic E-state index is 12.7. The minimum atomic E-state index is -0.0262. The third kappa shape index (κ3) is 5.39. The van der Waals surface area contributed by atoms with Crippen LogP contribution in [0.4, 0.5) is 5.13 Å². The summed E-state index contributed by atoms with van der Waals surface area (Å²) in [7, 11) is 0. The Hall–Kier alpha value is -2.44. The van der Waals surface area contributed by atoms with Gasteiger partial charge in [0.2, 0.25) is 5.91 Å². The molecule has 1 N–H and O–H groups in total. The standard InChI is InChI=1S/C26H23Cl2N3OS/c27-19-8-11-22(23(28)14-19)24-16-33-26(29-24)30-25(32)12-13-31(20-9-10-20)15-18-6-3-5-17-4-1-2-7-21(17)18/h1-8,11,14,16,20H,9-10,12-13,15H2,(H,29,30,32). The zero-order chi connectivity index (χ0) is 22.8. The predicted molar refractivity (Wildman–Crippen MR) is 138 cm³/mol. The molecule has 0 atom stereocenters. The summed E-state index contributed by atoms with van der Waals surface area (Å²) < 4.78 is 0. The zero-order valence-corrected chi connectivity index (χ0v) is 20.3. The van der Waals surface area contributed by atoms with Crippen LogP contribution in [0, 0.1) is 0 Å². The first-order valence-electron chi connectivity index (χ1n) is 11.0. The largest absolute Gasteiger partial charge is 0.302 e. The molecule has 1 saturated carbocycles. The number of nitrogens with one attached hydrogen (secondary N) is 1. The minimum Gasteiger partial charge on any atom is -0.302 e. The van der Waals surface area contributed by atoms with Gasteiger partial charge in [0.1, 0.15) is 0 Å². The van der Waals surface area contributed by atoms with E-state index in [0.29, 0.717) is 27.6 Å². The van der Waals surface area contributed by atoms with Crippen LogP contribution in [0.15, 0.2) is 66.0 Å². The van der Waals surface area contributed by atoms with Gasteiger partial charge in [0, 0.05) is 41.5 Å². The lowest BCUT2D eigenvalue weighted by Gasteiger charge is -2.22. The summed E-state index contributed by atoms with van der Waals surface area (Å²) in [6.45, 7) is 1.58. The highest BCUT2D eigenvalue weighted by Gasteiger charge is 2.29. The number of fused-ring (bicyclic) bond motifs is 1. The van der Waals surface area contributed by atoms with E-state index in [0.717, 1.165) is 24.3 Å². The van der Waals surface area contributed by atoms with Crippen LogP contribution in [0.5, 0.6) is 0 Å². The summed E-state index contributed by atoms with van der Waals surface area (Å²) in [5, 5.41) is 9.07. The highest BCUT2D eigenvalue weighted by Crippen LogP contribution is 2.33. The van der Waals surface area contributed by atoms with E-state index in [1.54, 1.807) is 12.1 Å². The molecular formula is C26H23Cl2N3OS. The van der Waals surface area contributed by atoms with Crippen molar-refractivity contribution in [1.29, 1.82) is 0 Å². The molecule has 4 nitrogen and oxygen atoms in total.